The fraction of sp³-hybridized carbons (Fsp3) is 0.167. The molecule has 1 atom stereocenters. The first-order valence-corrected chi connectivity index (χ1v) is 7.30. The number of amides is 1. The van der Waals surface area contributed by atoms with E-state index in [1.165, 1.54) is 0 Å². The van der Waals surface area contributed by atoms with Gasteiger partial charge in [0.25, 0.3) is 5.91 Å². The van der Waals surface area contributed by atoms with Crippen molar-refractivity contribution in [3.05, 3.63) is 87.1 Å². The van der Waals surface area contributed by atoms with E-state index in [1.807, 2.05) is 62.4 Å². The Bertz CT molecular complexity index is 812. The number of nitro groups is 1. The lowest BCUT2D eigenvalue weighted by Crippen LogP contribution is -2.49. The third-order valence-electron chi connectivity index (χ3n) is 4.03. The zero-order valence-corrected chi connectivity index (χ0v) is 12.9. The van der Waals surface area contributed by atoms with E-state index in [1.54, 1.807) is 4.90 Å². The van der Waals surface area contributed by atoms with Gasteiger partial charge in [-0.15, -0.1) is 0 Å². The van der Waals surface area contributed by atoms with E-state index in [9.17, 15) is 14.9 Å². The minimum absolute atomic E-state index is 0.215. The molecule has 0 N–H and O–H groups in total. The smallest absolute Gasteiger partial charge is 0.263 e. The van der Waals surface area contributed by atoms with Gasteiger partial charge in [0.05, 0.1) is 11.0 Å². The molecule has 116 valence electrons. The highest BCUT2D eigenvalue weighted by atomic mass is 16.6. The van der Waals surface area contributed by atoms with Crippen molar-refractivity contribution >= 4 is 11.6 Å². The predicted octanol–water partition coefficient (Wildman–Crippen LogP) is 3.55. The van der Waals surface area contributed by atoms with Crippen molar-refractivity contribution in [2.45, 2.75) is 19.9 Å². The number of rotatable bonds is 3. The molecule has 5 nitrogen and oxygen atoms in total. The summed E-state index contributed by atoms with van der Waals surface area (Å²) in [5.41, 5.74) is 3.93. The van der Waals surface area contributed by atoms with Crippen LogP contribution in [0.25, 0.3) is 0 Å². The van der Waals surface area contributed by atoms with E-state index in [0.29, 0.717) is 0 Å². The molecule has 23 heavy (non-hydrogen) atoms. The Kier molecular flexibility index (Phi) is 3.70. The summed E-state index contributed by atoms with van der Waals surface area (Å²) in [6.45, 7) is 3.91. The molecule has 1 aliphatic heterocycles. The highest BCUT2D eigenvalue weighted by molar-refractivity contribution is 6.15. The first-order chi connectivity index (χ1) is 11.0. The van der Waals surface area contributed by atoms with Crippen LogP contribution in [0.1, 0.15) is 22.7 Å². The monoisotopic (exact) mass is 308 g/mol. The van der Waals surface area contributed by atoms with Crippen LogP contribution < -0.4 is 4.90 Å². The molecular weight excluding hydrogens is 292 g/mol. The summed E-state index contributed by atoms with van der Waals surface area (Å²) in [5.74, 6) is -0.321. The maximum absolute atomic E-state index is 12.4. The van der Waals surface area contributed by atoms with Gasteiger partial charge >= 0.3 is 0 Å². The van der Waals surface area contributed by atoms with Gasteiger partial charge in [-0.1, -0.05) is 42.0 Å². The molecule has 1 fully saturated rings. The first kappa shape index (κ1) is 15.0. The van der Waals surface area contributed by atoms with Crippen LogP contribution in [0.15, 0.2) is 60.3 Å². The topological polar surface area (TPSA) is 63.5 Å². The minimum atomic E-state index is -0.562. The van der Waals surface area contributed by atoms with Crippen molar-refractivity contribution in [1.29, 1.82) is 0 Å². The number of anilines is 1. The molecule has 0 radical (unpaired) electrons. The number of nitrogens with zero attached hydrogens (tertiary/aromatic N) is 2. The van der Waals surface area contributed by atoms with Crippen molar-refractivity contribution in [1.82, 2.24) is 0 Å². The molecule has 1 unspecified atom stereocenters. The van der Waals surface area contributed by atoms with Gasteiger partial charge in [-0.3, -0.25) is 19.8 Å². The highest BCUT2D eigenvalue weighted by Gasteiger charge is 2.46. The average Bonchev–Trinajstić information content (AvgIpc) is 2.53. The molecule has 0 aromatic heterocycles. The predicted molar refractivity (Wildman–Crippen MR) is 87.7 cm³/mol. The normalized spacial score (nSPS) is 18.9. The standard InChI is InChI=1S/C18H16N2O3/c1-12-8-9-13(2)15(10-12)17-16(11-19(22)23)18(21)20(17)14-6-4-3-5-7-14/h3-11,17H,1-2H3/b16-11+. The molecule has 2 aromatic rings. The Morgan fingerprint density at radius 3 is 2.48 bits per heavy atom. The summed E-state index contributed by atoms with van der Waals surface area (Å²) >= 11 is 0. The number of carbonyl (C=O) groups excluding carboxylic acids is 1. The van der Waals surface area contributed by atoms with E-state index in [4.69, 9.17) is 0 Å². The molecule has 0 bridgehead atoms. The largest absolute Gasteiger partial charge is 0.296 e. The minimum Gasteiger partial charge on any atom is -0.296 e. The average molecular weight is 308 g/mol. The van der Waals surface area contributed by atoms with Gasteiger partial charge in [-0.05, 0) is 37.1 Å². The van der Waals surface area contributed by atoms with Crippen molar-refractivity contribution in [2.75, 3.05) is 4.90 Å². The van der Waals surface area contributed by atoms with Crippen molar-refractivity contribution < 1.29 is 9.72 Å². The molecular formula is C18H16N2O3. The Hall–Kier alpha value is -2.95. The van der Waals surface area contributed by atoms with Crippen molar-refractivity contribution in [3.8, 4) is 0 Å². The Labute approximate surface area is 134 Å². The van der Waals surface area contributed by atoms with Crippen LogP contribution in [0.4, 0.5) is 5.69 Å². The van der Waals surface area contributed by atoms with Crippen LogP contribution in [0.3, 0.4) is 0 Å². The number of carbonyl (C=O) groups is 1. The maximum Gasteiger partial charge on any atom is 0.263 e. The molecule has 5 heteroatoms. The lowest BCUT2D eigenvalue weighted by Gasteiger charge is -2.42. The summed E-state index contributed by atoms with van der Waals surface area (Å²) in [6.07, 6.45) is 0.828. The van der Waals surface area contributed by atoms with Crippen molar-refractivity contribution in [2.24, 2.45) is 0 Å². The zero-order chi connectivity index (χ0) is 16.6. The molecule has 1 heterocycles. The summed E-state index contributed by atoms with van der Waals surface area (Å²) in [5, 5.41) is 10.9. The van der Waals surface area contributed by atoms with Gasteiger partial charge in [0, 0.05) is 5.69 Å². The van der Waals surface area contributed by atoms with Crippen LogP contribution in [0.5, 0.6) is 0 Å². The van der Waals surface area contributed by atoms with Crippen LogP contribution >= 0.6 is 0 Å². The summed E-state index contributed by atoms with van der Waals surface area (Å²) in [7, 11) is 0. The summed E-state index contributed by atoms with van der Waals surface area (Å²) in [6, 6.07) is 14.7. The Morgan fingerprint density at radius 2 is 1.83 bits per heavy atom. The lowest BCUT2D eigenvalue weighted by molar-refractivity contribution is -0.403. The fourth-order valence-electron chi connectivity index (χ4n) is 2.90. The number of benzene rings is 2. The van der Waals surface area contributed by atoms with Crippen LogP contribution in [-0.2, 0) is 4.79 Å². The van der Waals surface area contributed by atoms with Gasteiger partial charge in [0.2, 0.25) is 6.20 Å². The second-order valence-corrected chi connectivity index (χ2v) is 5.64. The number of aryl methyl sites for hydroxylation is 2. The Balaban J connectivity index is 2.12. The van der Waals surface area contributed by atoms with Gasteiger partial charge < -0.3 is 0 Å². The SMILES string of the molecule is Cc1ccc(C)c(C2/C(=C\[N+](=O)[O-])C(=O)N2c2ccccc2)c1. The molecule has 0 spiro atoms. The highest BCUT2D eigenvalue weighted by Crippen LogP contribution is 2.44. The first-order valence-electron chi connectivity index (χ1n) is 7.30. The van der Waals surface area contributed by atoms with E-state index in [0.717, 1.165) is 28.6 Å². The molecule has 1 aliphatic rings. The van der Waals surface area contributed by atoms with Gasteiger partial charge in [0.1, 0.15) is 5.57 Å². The van der Waals surface area contributed by atoms with E-state index in [2.05, 4.69) is 0 Å². The molecule has 3 rings (SSSR count). The second kappa shape index (κ2) is 5.68. The fourth-order valence-corrected chi connectivity index (χ4v) is 2.90. The quantitative estimate of drug-likeness (QED) is 0.377. The van der Waals surface area contributed by atoms with E-state index >= 15 is 0 Å². The number of hydrogen-bond donors (Lipinski definition) is 0. The third-order valence-corrected chi connectivity index (χ3v) is 4.03. The number of para-hydroxylation sites is 1. The van der Waals surface area contributed by atoms with E-state index < -0.39 is 11.0 Å². The van der Waals surface area contributed by atoms with Gasteiger partial charge in [-0.2, -0.15) is 0 Å². The summed E-state index contributed by atoms with van der Waals surface area (Å²) in [4.78, 5) is 24.4. The van der Waals surface area contributed by atoms with Gasteiger partial charge in [-0.25, -0.2) is 0 Å². The van der Waals surface area contributed by atoms with Gasteiger partial charge in [0.15, 0.2) is 0 Å². The third kappa shape index (κ3) is 2.61. The van der Waals surface area contributed by atoms with E-state index in [-0.39, 0.29) is 11.5 Å². The molecule has 0 aliphatic carbocycles. The van der Waals surface area contributed by atoms with Crippen molar-refractivity contribution in [3.63, 3.8) is 0 Å². The second-order valence-electron chi connectivity index (χ2n) is 5.64. The lowest BCUT2D eigenvalue weighted by atomic mass is 9.85. The van der Waals surface area contributed by atoms with Crippen LogP contribution in [-0.4, -0.2) is 10.8 Å². The number of β-lactam (4-membered cyclic amide) rings is 1. The van der Waals surface area contributed by atoms with Crippen LogP contribution in [0.2, 0.25) is 0 Å². The molecule has 1 amide bonds. The number of hydrogen-bond acceptors (Lipinski definition) is 3. The van der Waals surface area contributed by atoms with Crippen LogP contribution in [0, 0.1) is 24.0 Å². The zero-order valence-electron chi connectivity index (χ0n) is 12.9. The molecule has 1 saturated heterocycles. The Morgan fingerprint density at radius 1 is 1.13 bits per heavy atom. The maximum atomic E-state index is 12.4. The molecule has 0 saturated carbocycles. The summed E-state index contributed by atoms with van der Waals surface area (Å²) < 4.78 is 0. The molecule has 2 aromatic carbocycles.